The highest BCUT2D eigenvalue weighted by Crippen LogP contribution is 2.29. The first-order chi connectivity index (χ1) is 11.9. The Bertz CT molecular complexity index is 585. The van der Waals surface area contributed by atoms with Crippen LogP contribution in [0.5, 0.6) is 0 Å². The molecular formula is C20H32N3O2+. The molecule has 1 aromatic rings. The lowest BCUT2D eigenvalue weighted by Gasteiger charge is -2.34. The van der Waals surface area contributed by atoms with Crippen molar-refractivity contribution in [3.63, 3.8) is 0 Å². The molecule has 0 radical (unpaired) electrons. The number of hydrogen-bond donors (Lipinski definition) is 3. The number of quaternary nitrogens is 1. The fourth-order valence-corrected chi connectivity index (χ4v) is 3.65. The average molecular weight is 346 g/mol. The first-order valence-electron chi connectivity index (χ1n) is 9.32. The zero-order valence-electron chi connectivity index (χ0n) is 15.9. The molecule has 1 saturated carbocycles. The molecule has 1 aromatic carbocycles. The Kier molecular flexibility index (Phi) is 7.00. The molecule has 0 aromatic heterocycles. The van der Waals surface area contributed by atoms with Gasteiger partial charge in [0.15, 0.2) is 6.54 Å². The predicted octanol–water partition coefficient (Wildman–Crippen LogP) is 1.00. The molecule has 0 bridgehead atoms. The summed E-state index contributed by atoms with van der Waals surface area (Å²) in [5.74, 6) is 1.28. The van der Waals surface area contributed by atoms with E-state index in [0.717, 1.165) is 23.4 Å². The van der Waals surface area contributed by atoms with E-state index < -0.39 is 0 Å². The van der Waals surface area contributed by atoms with E-state index >= 15 is 0 Å². The predicted molar refractivity (Wildman–Crippen MR) is 99.4 cm³/mol. The Labute approximate surface area is 151 Å². The van der Waals surface area contributed by atoms with E-state index in [1.165, 1.54) is 12.8 Å². The number of rotatable bonds is 6. The van der Waals surface area contributed by atoms with Crippen LogP contribution in [0.25, 0.3) is 0 Å². The van der Waals surface area contributed by atoms with E-state index in [1.54, 1.807) is 7.05 Å². The summed E-state index contributed by atoms with van der Waals surface area (Å²) in [6, 6.07) is 7.88. The van der Waals surface area contributed by atoms with Gasteiger partial charge >= 0.3 is 0 Å². The minimum Gasteiger partial charge on any atom is -0.355 e. The van der Waals surface area contributed by atoms with E-state index in [4.69, 9.17) is 0 Å². The van der Waals surface area contributed by atoms with E-state index in [2.05, 4.69) is 24.5 Å². The topological polar surface area (TPSA) is 62.6 Å². The quantitative estimate of drug-likeness (QED) is 0.720. The van der Waals surface area contributed by atoms with Gasteiger partial charge in [0.25, 0.3) is 11.8 Å². The molecule has 5 nitrogen and oxygen atoms in total. The van der Waals surface area contributed by atoms with E-state index in [9.17, 15) is 9.59 Å². The smallest absolute Gasteiger partial charge is 0.275 e. The van der Waals surface area contributed by atoms with Gasteiger partial charge in [-0.2, -0.15) is 0 Å². The second-order valence-corrected chi connectivity index (χ2v) is 7.53. The van der Waals surface area contributed by atoms with Crippen molar-refractivity contribution in [1.29, 1.82) is 0 Å². The van der Waals surface area contributed by atoms with Crippen LogP contribution in [-0.4, -0.2) is 38.5 Å². The molecule has 0 spiro atoms. The minimum atomic E-state index is -0.0811. The summed E-state index contributed by atoms with van der Waals surface area (Å²) in [5.41, 5.74) is 1.78. The molecule has 0 saturated heterocycles. The first kappa shape index (κ1) is 19.4. The summed E-state index contributed by atoms with van der Waals surface area (Å²) in [7, 11) is 3.65. The van der Waals surface area contributed by atoms with Gasteiger partial charge in [-0.3, -0.25) is 9.59 Å². The molecule has 0 aliphatic heterocycles. The van der Waals surface area contributed by atoms with Crippen LogP contribution in [-0.2, 0) is 11.3 Å². The van der Waals surface area contributed by atoms with Crippen molar-refractivity contribution < 1.29 is 14.5 Å². The summed E-state index contributed by atoms with van der Waals surface area (Å²) >= 11 is 0. The highest BCUT2D eigenvalue weighted by Gasteiger charge is 2.28. The molecule has 3 N–H and O–H groups in total. The Hall–Kier alpha value is -1.88. The number of benzene rings is 1. The lowest BCUT2D eigenvalue weighted by molar-refractivity contribution is -0.885. The molecular weight excluding hydrogens is 314 g/mol. The maximum Gasteiger partial charge on any atom is 0.275 e. The zero-order valence-corrected chi connectivity index (χ0v) is 15.9. The standard InChI is InChI=1S/C20H31N3O2/c1-14-6-5-7-18(15(14)2)22-19(24)13-23(4)12-16-8-10-17(11-9-16)20(25)21-3/h8-11,14-15,18H,5-7,12-13H2,1-4H3,(H,21,25)(H,22,24)/p+1/t14-,15-,18+/m1/s1. The highest BCUT2D eigenvalue weighted by molar-refractivity contribution is 5.93. The monoisotopic (exact) mass is 346 g/mol. The van der Waals surface area contributed by atoms with Crippen molar-refractivity contribution >= 4 is 11.8 Å². The van der Waals surface area contributed by atoms with Crippen LogP contribution in [0.4, 0.5) is 0 Å². The first-order valence-corrected chi connectivity index (χ1v) is 9.32. The van der Waals surface area contributed by atoms with Gasteiger partial charge in [0.2, 0.25) is 0 Å². The highest BCUT2D eigenvalue weighted by atomic mass is 16.2. The van der Waals surface area contributed by atoms with Gasteiger partial charge in [0.1, 0.15) is 6.54 Å². The largest absolute Gasteiger partial charge is 0.355 e. The number of likely N-dealkylation sites (N-methyl/N-ethyl adjacent to an activating group) is 1. The second kappa shape index (κ2) is 8.99. The van der Waals surface area contributed by atoms with Gasteiger partial charge in [-0.1, -0.05) is 38.8 Å². The van der Waals surface area contributed by atoms with Gasteiger partial charge in [-0.15, -0.1) is 0 Å². The van der Waals surface area contributed by atoms with Crippen LogP contribution in [0.1, 0.15) is 49.0 Å². The molecule has 5 heteroatoms. The molecule has 0 heterocycles. The fourth-order valence-electron chi connectivity index (χ4n) is 3.65. The maximum atomic E-state index is 12.4. The second-order valence-electron chi connectivity index (χ2n) is 7.53. The maximum absolute atomic E-state index is 12.4. The van der Waals surface area contributed by atoms with Crippen LogP contribution >= 0.6 is 0 Å². The molecule has 2 rings (SSSR count). The molecule has 1 fully saturated rings. The summed E-state index contributed by atoms with van der Waals surface area (Å²) in [4.78, 5) is 25.1. The molecule has 2 amide bonds. The van der Waals surface area contributed by atoms with Crippen LogP contribution in [0.15, 0.2) is 24.3 Å². The third kappa shape index (κ3) is 5.56. The minimum absolute atomic E-state index is 0.0811. The number of nitrogens with one attached hydrogen (secondary N) is 3. The molecule has 1 unspecified atom stereocenters. The van der Waals surface area contributed by atoms with Gasteiger partial charge < -0.3 is 15.5 Å². The third-order valence-electron chi connectivity index (χ3n) is 5.46. The molecule has 1 aliphatic rings. The lowest BCUT2D eigenvalue weighted by Crippen LogP contribution is -3.09. The average Bonchev–Trinajstić information content (AvgIpc) is 2.58. The van der Waals surface area contributed by atoms with Crippen LogP contribution < -0.4 is 15.5 Å². The van der Waals surface area contributed by atoms with Crippen molar-refractivity contribution in [3.8, 4) is 0 Å². The summed E-state index contributed by atoms with van der Waals surface area (Å²) < 4.78 is 0. The molecule has 1 aliphatic carbocycles. The van der Waals surface area contributed by atoms with Crippen molar-refractivity contribution in [2.24, 2.45) is 11.8 Å². The normalized spacial score (nSPS) is 24.4. The van der Waals surface area contributed by atoms with E-state index in [-0.39, 0.29) is 11.8 Å². The van der Waals surface area contributed by atoms with Crippen molar-refractivity contribution in [2.45, 2.75) is 45.7 Å². The molecule has 4 atom stereocenters. The number of carbonyl (C=O) groups excluding carboxylic acids is 2. The van der Waals surface area contributed by atoms with Crippen molar-refractivity contribution in [3.05, 3.63) is 35.4 Å². The third-order valence-corrected chi connectivity index (χ3v) is 5.46. The van der Waals surface area contributed by atoms with Gasteiger partial charge in [-0.05, 0) is 30.4 Å². The summed E-state index contributed by atoms with van der Waals surface area (Å²) in [6.07, 6.45) is 3.57. The Morgan fingerprint density at radius 2 is 1.84 bits per heavy atom. The fraction of sp³-hybridized carbons (Fsp3) is 0.600. The van der Waals surface area contributed by atoms with Gasteiger partial charge in [0.05, 0.1) is 7.05 Å². The van der Waals surface area contributed by atoms with E-state index in [1.807, 2.05) is 31.3 Å². The van der Waals surface area contributed by atoms with Crippen LogP contribution in [0.2, 0.25) is 0 Å². The molecule has 138 valence electrons. The lowest BCUT2D eigenvalue weighted by atomic mass is 9.78. The zero-order chi connectivity index (χ0) is 18.4. The van der Waals surface area contributed by atoms with Crippen molar-refractivity contribution in [1.82, 2.24) is 10.6 Å². The Balaban J connectivity index is 1.82. The SMILES string of the molecule is CNC(=O)c1ccc(C[NH+](C)CC(=O)N[C@H]2CCC[C@@H](C)[C@H]2C)cc1. The van der Waals surface area contributed by atoms with Crippen LogP contribution in [0.3, 0.4) is 0 Å². The Morgan fingerprint density at radius 3 is 2.48 bits per heavy atom. The van der Waals surface area contributed by atoms with Gasteiger partial charge in [0, 0.05) is 24.2 Å². The van der Waals surface area contributed by atoms with Crippen LogP contribution in [0, 0.1) is 11.8 Å². The van der Waals surface area contributed by atoms with Crippen molar-refractivity contribution in [2.75, 3.05) is 20.6 Å². The van der Waals surface area contributed by atoms with Gasteiger partial charge in [-0.25, -0.2) is 0 Å². The summed E-state index contributed by atoms with van der Waals surface area (Å²) in [6.45, 7) is 5.76. The summed E-state index contributed by atoms with van der Waals surface area (Å²) in [5, 5.41) is 5.85. The Morgan fingerprint density at radius 1 is 1.16 bits per heavy atom. The van der Waals surface area contributed by atoms with E-state index in [0.29, 0.717) is 30.0 Å². The number of hydrogen-bond acceptors (Lipinski definition) is 2. The number of amides is 2. The number of carbonyl (C=O) groups is 2. The molecule has 25 heavy (non-hydrogen) atoms.